The van der Waals surface area contributed by atoms with Crippen molar-refractivity contribution in [1.82, 2.24) is 19.9 Å². The normalized spacial score (nSPS) is 10.5. The molecule has 0 fully saturated rings. The van der Waals surface area contributed by atoms with Gasteiger partial charge in [-0.3, -0.25) is 0 Å². The number of nitrogens with zero attached hydrogens (tertiary/aromatic N) is 4. The average Bonchev–Trinajstić information content (AvgIpc) is 2.25. The third-order valence-corrected chi connectivity index (χ3v) is 2.23. The van der Waals surface area contributed by atoms with Gasteiger partial charge in [0.2, 0.25) is 0 Å². The number of hydrogen-bond acceptors (Lipinski definition) is 4. The van der Waals surface area contributed by atoms with Gasteiger partial charge in [-0.25, -0.2) is 24.3 Å². The van der Waals surface area contributed by atoms with Crippen LogP contribution in [0, 0.1) is 19.7 Å². The number of hydrogen-bond donors (Lipinski definition) is 0. The Balaban J connectivity index is 2.57. The fraction of sp³-hybridized carbons (Fsp3) is 0.200. The van der Waals surface area contributed by atoms with E-state index in [0.29, 0.717) is 17.3 Å². The number of aryl methyl sites for hydroxylation is 2. The number of aromatic nitrogens is 4. The zero-order chi connectivity index (χ0) is 11.7. The quantitative estimate of drug-likeness (QED) is 0.716. The van der Waals surface area contributed by atoms with E-state index in [2.05, 4.69) is 19.9 Å². The summed E-state index contributed by atoms with van der Waals surface area (Å²) in [5.74, 6) is 0.296. The molecule has 0 bridgehead atoms. The molecule has 2 aromatic heterocycles. The van der Waals surface area contributed by atoms with Gasteiger partial charge >= 0.3 is 0 Å². The van der Waals surface area contributed by atoms with Crippen LogP contribution in [-0.2, 0) is 0 Å². The van der Waals surface area contributed by atoms with Crippen molar-refractivity contribution in [3.8, 4) is 11.5 Å². The molecule has 0 radical (unpaired) electrons. The van der Waals surface area contributed by atoms with Crippen molar-refractivity contribution in [1.29, 1.82) is 0 Å². The fourth-order valence-corrected chi connectivity index (χ4v) is 1.44. The lowest BCUT2D eigenvalue weighted by molar-refractivity contribution is 0.603. The average molecular weight is 239 g/mol. The fourth-order valence-electron chi connectivity index (χ4n) is 1.22. The second-order valence-electron chi connectivity index (χ2n) is 3.23. The molecular formula is C10H8ClFN4. The van der Waals surface area contributed by atoms with Crippen molar-refractivity contribution in [3.05, 3.63) is 34.8 Å². The maximum absolute atomic E-state index is 13.2. The summed E-state index contributed by atoms with van der Waals surface area (Å²) in [6, 6.07) is 1.65. The predicted octanol–water partition coefficient (Wildman–Crippen LogP) is 2.34. The molecule has 0 aromatic carbocycles. The van der Waals surface area contributed by atoms with Crippen LogP contribution in [-0.4, -0.2) is 19.9 Å². The summed E-state index contributed by atoms with van der Waals surface area (Å²) < 4.78 is 13.2. The molecule has 6 heteroatoms. The minimum atomic E-state index is -0.601. The van der Waals surface area contributed by atoms with Crippen LogP contribution in [0.4, 0.5) is 4.39 Å². The van der Waals surface area contributed by atoms with Crippen molar-refractivity contribution >= 4 is 11.6 Å². The second kappa shape index (κ2) is 4.09. The van der Waals surface area contributed by atoms with Crippen LogP contribution >= 0.6 is 11.6 Å². The van der Waals surface area contributed by atoms with E-state index in [1.54, 1.807) is 19.2 Å². The Bertz CT molecular complexity index is 521. The molecule has 0 aliphatic carbocycles. The van der Waals surface area contributed by atoms with Crippen LogP contribution < -0.4 is 0 Å². The predicted molar refractivity (Wildman–Crippen MR) is 57.5 cm³/mol. The summed E-state index contributed by atoms with van der Waals surface area (Å²) >= 11 is 5.64. The topological polar surface area (TPSA) is 51.6 Å². The molecule has 2 rings (SSSR count). The van der Waals surface area contributed by atoms with Crippen LogP contribution in [0.2, 0.25) is 5.15 Å². The SMILES string of the molecule is Cc1nccc(-c2nc(C)c(F)c(Cl)n2)n1. The van der Waals surface area contributed by atoms with Crippen LogP contribution in [0.25, 0.3) is 11.5 Å². The van der Waals surface area contributed by atoms with Crippen molar-refractivity contribution in [3.63, 3.8) is 0 Å². The molecule has 0 spiro atoms. The Morgan fingerprint density at radius 3 is 2.56 bits per heavy atom. The smallest absolute Gasteiger partial charge is 0.181 e. The molecule has 0 amide bonds. The number of rotatable bonds is 1. The molecule has 82 valence electrons. The van der Waals surface area contributed by atoms with Crippen molar-refractivity contribution in [2.45, 2.75) is 13.8 Å². The summed E-state index contributed by atoms with van der Waals surface area (Å²) in [7, 11) is 0. The van der Waals surface area contributed by atoms with Crippen molar-refractivity contribution in [2.24, 2.45) is 0 Å². The second-order valence-corrected chi connectivity index (χ2v) is 3.58. The summed E-state index contributed by atoms with van der Waals surface area (Å²) in [5, 5.41) is -0.196. The van der Waals surface area contributed by atoms with Gasteiger partial charge in [0.1, 0.15) is 11.5 Å². The van der Waals surface area contributed by atoms with Gasteiger partial charge in [0, 0.05) is 6.20 Å². The van der Waals surface area contributed by atoms with E-state index in [9.17, 15) is 4.39 Å². The van der Waals surface area contributed by atoms with Gasteiger partial charge in [-0.15, -0.1) is 0 Å². The van der Waals surface area contributed by atoms with Gasteiger partial charge < -0.3 is 0 Å². The molecule has 0 saturated carbocycles. The van der Waals surface area contributed by atoms with E-state index >= 15 is 0 Å². The zero-order valence-corrected chi connectivity index (χ0v) is 9.46. The largest absolute Gasteiger partial charge is 0.242 e. The Labute approximate surface area is 96.6 Å². The standard InChI is InChI=1S/C10H8ClFN4/c1-5-8(12)9(11)16-10(14-5)7-3-4-13-6(2)15-7/h3-4H,1-2H3. The van der Waals surface area contributed by atoms with E-state index in [1.165, 1.54) is 6.92 Å². The first-order chi connectivity index (χ1) is 7.58. The Kier molecular flexibility index (Phi) is 2.78. The monoisotopic (exact) mass is 238 g/mol. The summed E-state index contributed by atoms with van der Waals surface area (Å²) in [5.41, 5.74) is 0.726. The van der Waals surface area contributed by atoms with Crippen molar-refractivity contribution in [2.75, 3.05) is 0 Å². The molecular weight excluding hydrogens is 231 g/mol. The molecule has 0 aliphatic rings. The maximum atomic E-state index is 13.2. The third-order valence-electron chi connectivity index (χ3n) is 1.98. The molecule has 0 saturated heterocycles. The van der Waals surface area contributed by atoms with Crippen LogP contribution in [0.3, 0.4) is 0 Å². The van der Waals surface area contributed by atoms with E-state index in [1.807, 2.05) is 0 Å². The van der Waals surface area contributed by atoms with Gasteiger partial charge in [0.25, 0.3) is 0 Å². The van der Waals surface area contributed by atoms with Gasteiger partial charge in [-0.1, -0.05) is 11.6 Å². The first kappa shape index (κ1) is 10.9. The highest BCUT2D eigenvalue weighted by Gasteiger charge is 2.11. The van der Waals surface area contributed by atoms with Crippen LogP contribution in [0.1, 0.15) is 11.5 Å². The summed E-state index contributed by atoms with van der Waals surface area (Å²) in [6.45, 7) is 3.28. The lowest BCUT2D eigenvalue weighted by Gasteiger charge is -2.03. The summed E-state index contributed by atoms with van der Waals surface area (Å²) in [6.07, 6.45) is 1.59. The minimum absolute atomic E-state index is 0.196. The molecule has 0 unspecified atom stereocenters. The van der Waals surface area contributed by atoms with Gasteiger partial charge in [0.05, 0.1) is 5.69 Å². The van der Waals surface area contributed by atoms with Gasteiger partial charge in [-0.2, -0.15) is 0 Å². The van der Waals surface area contributed by atoms with Gasteiger partial charge in [0.15, 0.2) is 16.8 Å². The zero-order valence-electron chi connectivity index (χ0n) is 8.70. The summed E-state index contributed by atoms with van der Waals surface area (Å²) in [4.78, 5) is 15.9. The van der Waals surface area contributed by atoms with Gasteiger partial charge in [-0.05, 0) is 19.9 Å². The molecule has 16 heavy (non-hydrogen) atoms. The molecule has 0 atom stereocenters. The van der Waals surface area contributed by atoms with Crippen molar-refractivity contribution < 1.29 is 4.39 Å². The first-order valence-electron chi connectivity index (χ1n) is 4.57. The lowest BCUT2D eigenvalue weighted by atomic mass is 10.3. The van der Waals surface area contributed by atoms with Crippen LogP contribution in [0.15, 0.2) is 12.3 Å². The third kappa shape index (κ3) is 1.99. The number of halogens is 2. The molecule has 2 heterocycles. The maximum Gasteiger partial charge on any atom is 0.181 e. The Hall–Kier alpha value is -1.62. The Morgan fingerprint density at radius 1 is 1.19 bits per heavy atom. The van der Waals surface area contributed by atoms with Crippen LogP contribution in [0.5, 0.6) is 0 Å². The molecule has 2 aromatic rings. The lowest BCUT2D eigenvalue weighted by Crippen LogP contribution is -2.00. The van der Waals surface area contributed by atoms with E-state index in [4.69, 9.17) is 11.6 Å². The van der Waals surface area contributed by atoms with E-state index in [0.717, 1.165) is 0 Å². The molecule has 0 aliphatic heterocycles. The van der Waals surface area contributed by atoms with E-state index < -0.39 is 5.82 Å². The Morgan fingerprint density at radius 2 is 1.94 bits per heavy atom. The molecule has 0 N–H and O–H groups in total. The molecule has 4 nitrogen and oxygen atoms in total. The highest BCUT2D eigenvalue weighted by molar-refractivity contribution is 6.29. The highest BCUT2D eigenvalue weighted by atomic mass is 35.5. The highest BCUT2D eigenvalue weighted by Crippen LogP contribution is 2.19. The van der Waals surface area contributed by atoms with E-state index in [-0.39, 0.29) is 10.8 Å². The minimum Gasteiger partial charge on any atom is -0.242 e. The first-order valence-corrected chi connectivity index (χ1v) is 4.95.